The van der Waals surface area contributed by atoms with Gasteiger partial charge in [-0.25, -0.2) is 8.42 Å². The Kier molecular flexibility index (Phi) is 6.80. The number of rotatable bonds is 8. The minimum absolute atomic E-state index is 0.000117. The predicted octanol–water partition coefficient (Wildman–Crippen LogP) is 3.28. The second-order valence-electron chi connectivity index (χ2n) is 5.67. The van der Waals surface area contributed by atoms with Crippen molar-refractivity contribution in [1.29, 1.82) is 0 Å². The van der Waals surface area contributed by atoms with Crippen molar-refractivity contribution in [2.45, 2.75) is 31.7 Å². The summed E-state index contributed by atoms with van der Waals surface area (Å²) in [4.78, 5) is 13.6. The van der Waals surface area contributed by atoms with E-state index in [0.717, 1.165) is 4.88 Å². The second-order valence-corrected chi connectivity index (χ2v) is 8.55. The van der Waals surface area contributed by atoms with Gasteiger partial charge in [0.1, 0.15) is 10.6 Å². The third-order valence-electron chi connectivity index (χ3n) is 4.07. The van der Waals surface area contributed by atoms with Crippen LogP contribution in [0.25, 0.3) is 0 Å². The summed E-state index contributed by atoms with van der Waals surface area (Å²) < 4.78 is 32.3. The van der Waals surface area contributed by atoms with Crippen molar-refractivity contribution in [2.75, 3.05) is 20.2 Å². The minimum atomic E-state index is -3.74. The Morgan fingerprint density at radius 2 is 1.96 bits per heavy atom. The molecule has 0 aliphatic carbocycles. The van der Waals surface area contributed by atoms with Crippen LogP contribution >= 0.6 is 11.3 Å². The van der Waals surface area contributed by atoms with Crippen LogP contribution in [-0.2, 0) is 10.0 Å². The smallest absolute Gasteiger partial charge is 0.251 e. The minimum Gasteiger partial charge on any atom is -0.495 e. The third kappa shape index (κ3) is 4.25. The number of ether oxygens (including phenoxy) is 1. The fourth-order valence-electron chi connectivity index (χ4n) is 2.61. The number of hydrogen-bond acceptors (Lipinski definition) is 5. The molecule has 1 aromatic heterocycles. The standard InChI is InChI=1S/C18H24N2O4S2/c1-5-20(6-2)26(22,23)17-12-14(9-10-15(17)24-4)18(21)19-13(3)16-8-7-11-25-16/h7-13H,5-6H2,1-4H3,(H,19,21)/t13-/m1/s1. The number of benzene rings is 1. The van der Waals surface area contributed by atoms with Gasteiger partial charge in [-0.2, -0.15) is 4.31 Å². The van der Waals surface area contributed by atoms with E-state index in [-0.39, 0.29) is 28.2 Å². The summed E-state index contributed by atoms with van der Waals surface area (Å²) in [6, 6.07) is 8.16. The largest absolute Gasteiger partial charge is 0.495 e. The van der Waals surface area contributed by atoms with E-state index in [1.165, 1.54) is 23.5 Å². The van der Waals surface area contributed by atoms with Gasteiger partial charge in [0, 0.05) is 23.5 Å². The van der Waals surface area contributed by atoms with Crippen LogP contribution in [0, 0.1) is 0 Å². The summed E-state index contributed by atoms with van der Waals surface area (Å²) in [7, 11) is -2.33. The van der Waals surface area contributed by atoms with Crippen molar-refractivity contribution in [3.63, 3.8) is 0 Å². The molecule has 1 heterocycles. The van der Waals surface area contributed by atoms with Gasteiger partial charge in [0.25, 0.3) is 5.91 Å². The summed E-state index contributed by atoms with van der Waals surface area (Å²) in [5.74, 6) is -0.107. The lowest BCUT2D eigenvalue weighted by Gasteiger charge is -2.20. The van der Waals surface area contributed by atoms with E-state index < -0.39 is 10.0 Å². The van der Waals surface area contributed by atoms with Gasteiger partial charge in [-0.3, -0.25) is 4.79 Å². The van der Waals surface area contributed by atoms with Crippen LogP contribution in [0.5, 0.6) is 5.75 Å². The van der Waals surface area contributed by atoms with Crippen molar-refractivity contribution in [1.82, 2.24) is 9.62 Å². The van der Waals surface area contributed by atoms with E-state index >= 15 is 0 Å². The van der Waals surface area contributed by atoms with Gasteiger partial charge in [-0.05, 0) is 36.6 Å². The zero-order chi connectivity index (χ0) is 19.3. The summed E-state index contributed by atoms with van der Waals surface area (Å²) in [6.45, 7) is 6.11. The topological polar surface area (TPSA) is 75.7 Å². The van der Waals surface area contributed by atoms with E-state index in [1.807, 2.05) is 24.4 Å². The Bertz CT molecular complexity index is 844. The number of nitrogens with one attached hydrogen (secondary N) is 1. The predicted molar refractivity (Wildman–Crippen MR) is 103 cm³/mol. The van der Waals surface area contributed by atoms with E-state index in [4.69, 9.17) is 4.74 Å². The van der Waals surface area contributed by atoms with Crippen LogP contribution in [0.15, 0.2) is 40.6 Å². The molecule has 6 nitrogen and oxygen atoms in total. The molecule has 2 rings (SSSR count). The molecule has 1 N–H and O–H groups in total. The monoisotopic (exact) mass is 396 g/mol. The SMILES string of the molecule is CCN(CC)S(=O)(=O)c1cc(C(=O)N[C@H](C)c2cccs2)ccc1OC. The molecule has 26 heavy (non-hydrogen) atoms. The second kappa shape index (κ2) is 8.66. The van der Waals surface area contributed by atoms with Crippen LogP contribution in [-0.4, -0.2) is 38.8 Å². The number of carbonyl (C=O) groups excluding carboxylic acids is 1. The Labute approximate surface area is 158 Å². The van der Waals surface area contributed by atoms with Gasteiger partial charge in [-0.15, -0.1) is 11.3 Å². The molecule has 0 unspecified atom stereocenters. The number of methoxy groups -OCH3 is 1. The molecule has 142 valence electrons. The number of carbonyl (C=O) groups is 1. The Hall–Kier alpha value is -1.90. The first-order chi connectivity index (χ1) is 12.3. The molecule has 0 fully saturated rings. The van der Waals surface area contributed by atoms with E-state index in [2.05, 4.69) is 5.32 Å². The van der Waals surface area contributed by atoms with E-state index in [1.54, 1.807) is 31.3 Å². The fraction of sp³-hybridized carbons (Fsp3) is 0.389. The summed E-state index contributed by atoms with van der Waals surface area (Å²) >= 11 is 1.55. The fourth-order valence-corrected chi connectivity index (χ4v) is 4.98. The number of sulfonamides is 1. The number of amides is 1. The Balaban J connectivity index is 2.35. The maximum atomic E-state index is 12.9. The van der Waals surface area contributed by atoms with Crippen LogP contribution in [0.4, 0.5) is 0 Å². The molecular weight excluding hydrogens is 372 g/mol. The van der Waals surface area contributed by atoms with Gasteiger partial charge in [0.05, 0.1) is 13.2 Å². The van der Waals surface area contributed by atoms with Gasteiger partial charge < -0.3 is 10.1 Å². The Morgan fingerprint density at radius 3 is 2.50 bits per heavy atom. The van der Waals surface area contributed by atoms with Gasteiger partial charge >= 0.3 is 0 Å². The van der Waals surface area contributed by atoms with Gasteiger partial charge in [0.2, 0.25) is 10.0 Å². The molecule has 0 spiro atoms. The van der Waals surface area contributed by atoms with Crippen LogP contribution in [0.3, 0.4) is 0 Å². The molecule has 8 heteroatoms. The summed E-state index contributed by atoms with van der Waals surface area (Å²) in [5.41, 5.74) is 0.278. The molecule has 0 bridgehead atoms. The average molecular weight is 397 g/mol. The molecule has 0 aliphatic rings. The zero-order valence-corrected chi connectivity index (χ0v) is 17.0. The van der Waals surface area contributed by atoms with Crippen molar-refractivity contribution in [2.24, 2.45) is 0 Å². The molecule has 1 amide bonds. The van der Waals surface area contributed by atoms with Crippen molar-refractivity contribution in [3.05, 3.63) is 46.2 Å². The maximum absolute atomic E-state index is 12.9. The molecule has 0 aliphatic heterocycles. The molecule has 0 radical (unpaired) electrons. The van der Waals surface area contributed by atoms with E-state index in [0.29, 0.717) is 13.1 Å². The summed E-state index contributed by atoms with van der Waals surface area (Å²) in [5, 5.41) is 4.84. The molecule has 0 saturated heterocycles. The lowest BCUT2D eigenvalue weighted by Crippen LogP contribution is -2.31. The summed E-state index contributed by atoms with van der Waals surface area (Å²) in [6.07, 6.45) is 0. The molecular formula is C18H24N2O4S2. The number of nitrogens with zero attached hydrogens (tertiary/aromatic N) is 1. The highest BCUT2D eigenvalue weighted by Crippen LogP contribution is 2.28. The normalized spacial score (nSPS) is 12.8. The highest BCUT2D eigenvalue weighted by Gasteiger charge is 2.27. The lowest BCUT2D eigenvalue weighted by atomic mass is 10.2. The molecule has 2 aromatic rings. The highest BCUT2D eigenvalue weighted by molar-refractivity contribution is 7.89. The lowest BCUT2D eigenvalue weighted by molar-refractivity contribution is 0.0940. The van der Waals surface area contributed by atoms with Gasteiger partial charge in [-0.1, -0.05) is 19.9 Å². The van der Waals surface area contributed by atoms with E-state index in [9.17, 15) is 13.2 Å². The van der Waals surface area contributed by atoms with Crippen molar-refractivity contribution in [3.8, 4) is 5.75 Å². The quantitative estimate of drug-likeness (QED) is 0.743. The van der Waals surface area contributed by atoms with Gasteiger partial charge in [0.15, 0.2) is 0 Å². The number of thiophene rings is 1. The first kappa shape index (κ1) is 20.4. The average Bonchev–Trinajstić information content (AvgIpc) is 3.16. The maximum Gasteiger partial charge on any atom is 0.251 e. The Morgan fingerprint density at radius 1 is 1.27 bits per heavy atom. The van der Waals surface area contributed by atoms with Crippen LogP contribution in [0.1, 0.15) is 42.0 Å². The first-order valence-electron chi connectivity index (χ1n) is 8.37. The van der Waals surface area contributed by atoms with Crippen molar-refractivity contribution < 1.29 is 17.9 Å². The highest BCUT2D eigenvalue weighted by atomic mass is 32.2. The molecule has 1 aromatic carbocycles. The zero-order valence-electron chi connectivity index (χ0n) is 15.4. The first-order valence-corrected chi connectivity index (χ1v) is 10.7. The third-order valence-corrected chi connectivity index (χ3v) is 7.19. The number of hydrogen-bond donors (Lipinski definition) is 1. The van der Waals surface area contributed by atoms with Crippen LogP contribution in [0.2, 0.25) is 0 Å². The van der Waals surface area contributed by atoms with Crippen molar-refractivity contribution >= 4 is 27.3 Å². The molecule has 0 saturated carbocycles. The van der Waals surface area contributed by atoms with Crippen LogP contribution < -0.4 is 10.1 Å². The molecule has 1 atom stereocenters.